The zero-order valence-electron chi connectivity index (χ0n) is 13.0. The van der Waals surface area contributed by atoms with Crippen LogP contribution in [0.2, 0.25) is 0 Å². The Bertz CT molecular complexity index is 845. The first-order chi connectivity index (χ1) is 11.6. The molecule has 2 atom stereocenters. The number of nitrogens with two attached hydrogens (primary N) is 1. The highest BCUT2D eigenvalue weighted by atomic mass is 19.1. The molecule has 2 aliphatic carbocycles. The van der Waals surface area contributed by atoms with Crippen LogP contribution in [0.1, 0.15) is 30.7 Å². The van der Waals surface area contributed by atoms with Crippen LogP contribution >= 0.6 is 0 Å². The summed E-state index contributed by atoms with van der Waals surface area (Å²) >= 11 is 0. The average molecular weight is 318 g/mol. The Morgan fingerprint density at radius 2 is 1.79 bits per heavy atom. The number of nitrogens with zero attached hydrogens (tertiary/aromatic N) is 3. The van der Waals surface area contributed by atoms with Crippen molar-refractivity contribution in [1.29, 1.82) is 15.8 Å². The van der Waals surface area contributed by atoms with Crippen LogP contribution in [0.4, 0.5) is 4.39 Å². The molecule has 0 unspecified atom stereocenters. The van der Waals surface area contributed by atoms with Crippen molar-refractivity contribution in [2.75, 3.05) is 0 Å². The summed E-state index contributed by atoms with van der Waals surface area (Å²) in [5.41, 5.74) is 6.30. The lowest BCUT2D eigenvalue weighted by molar-refractivity contribution is 0.317. The molecule has 5 heteroatoms. The van der Waals surface area contributed by atoms with Crippen molar-refractivity contribution in [2.45, 2.75) is 25.2 Å². The highest BCUT2D eigenvalue weighted by Crippen LogP contribution is 2.55. The summed E-state index contributed by atoms with van der Waals surface area (Å²) < 4.78 is 13.3. The summed E-state index contributed by atoms with van der Waals surface area (Å²) in [5, 5.41) is 29.1. The molecule has 4 nitrogen and oxygen atoms in total. The lowest BCUT2D eigenvalue weighted by Gasteiger charge is -2.43. The molecular weight excluding hydrogens is 303 g/mol. The van der Waals surface area contributed by atoms with Crippen LogP contribution in [-0.4, -0.2) is 0 Å². The SMILES string of the molecule is N#CC1=C(N)C(C#N)(C#N)[C@H](c2ccc(F)cc2)[C@H]2CCCC=C12. The van der Waals surface area contributed by atoms with Gasteiger partial charge in [0.1, 0.15) is 11.9 Å². The van der Waals surface area contributed by atoms with Crippen LogP contribution in [0, 0.1) is 51.1 Å². The second-order valence-corrected chi connectivity index (χ2v) is 6.16. The molecule has 0 aliphatic heterocycles. The minimum atomic E-state index is -1.62. The van der Waals surface area contributed by atoms with Gasteiger partial charge in [-0.1, -0.05) is 18.2 Å². The van der Waals surface area contributed by atoms with Gasteiger partial charge >= 0.3 is 0 Å². The number of benzene rings is 1. The van der Waals surface area contributed by atoms with E-state index in [0.29, 0.717) is 5.56 Å². The Morgan fingerprint density at radius 3 is 2.38 bits per heavy atom. The predicted molar refractivity (Wildman–Crippen MR) is 85.1 cm³/mol. The van der Waals surface area contributed by atoms with E-state index in [4.69, 9.17) is 5.73 Å². The Hall–Kier alpha value is -3.10. The summed E-state index contributed by atoms with van der Waals surface area (Å²) in [5.74, 6) is -1.04. The van der Waals surface area contributed by atoms with Crippen LogP contribution in [0.25, 0.3) is 0 Å². The van der Waals surface area contributed by atoms with Crippen LogP contribution < -0.4 is 5.73 Å². The minimum absolute atomic E-state index is 0.00808. The van der Waals surface area contributed by atoms with E-state index in [1.165, 1.54) is 12.1 Å². The maximum atomic E-state index is 13.3. The molecule has 1 aromatic carbocycles. The number of hydrogen-bond acceptors (Lipinski definition) is 4. The molecule has 0 bridgehead atoms. The lowest BCUT2D eigenvalue weighted by Crippen LogP contribution is -2.42. The summed E-state index contributed by atoms with van der Waals surface area (Å²) in [6, 6.07) is 12.0. The van der Waals surface area contributed by atoms with Gasteiger partial charge < -0.3 is 5.73 Å². The lowest BCUT2D eigenvalue weighted by atomic mass is 9.57. The molecule has 0 saturated heterocycles. The topological polar surface area (TPSA) is 97.4 Å². The van der Waals surface area contributed by atoms with E-state index < -0.39 is 11.3 Å². The fourth-order valence-corrected chi connectivity index (χ4v) is 3.92. The first-order valence-electron chi connectivity index (χ1n) is 7.77. The highest BCUT2D eigenvalue weighted by Gasteiger charge is 2.53. The van der Waals surface area contributed by atoms with Crippen molar-refractivity contribution in [3.05, 3.63) is 58.6 Å². The minimum Gasteiger partial charge on any atom is -0.399 e. The fraction of sp³-hybridized carbons (Fsp3) is 0.316. The van der Waals surface area contributed by atoms with E-state index >= 15 is 0 Å². The van der Waals surface area contributed by atoms with Crippen LogP contribution in [0.3, 0.4) is 0 Å². The molecule has 118 valence electrons. The van der Waals surface area contributed by atoms with Gasteiger partial charge in [0.15, 0.2) is 5.41 Å². The zero-order valence-corrected chi connectivity index (χ0v) is 13.0. The number of rotatable bonds is 1. The largest absolute Gasteiger partial charge is 0.399 e. The smallest absolute Gasteiger partial charge is 0.191 e. The van der Waals surface area contributed by atoms with Gasteiger partial charge in [0.05, 0.1) is 23.4 Å². The van der Waals surface area contributed by atoms with Gasteiger partial charge in [-0.2, -0.15) is 15.8 Å². The molecule has 0 saturated carbocycles. The van der Waals surface area contributed by atoms with Crippen LogP contribution in [-0.2, 0) is 0 Å². The number of halogens is 1. The van der Waals surface area contributed by atoms with E-state index in [2.05, 4.69) is 18.2 Å². The second-order valence-electron chi connectivity index (χ2n) is 6.16. The maximum absolute atomic E-state index is 13.3. The van der Waals surface area contributed by atoms with Gasteiger partial charge in [-0.05, 0) is 48.4 Å². The third-order valence-electron chi connectivity index (χ3n) is 5.03. The van der Waals surface area contributed by atoms with Crippen molar-refractivity contribution in [2.24, 2.45) is 17.1 Å². The fourth-order valence-electron chi connectivity index (χ4n) is 3.92. The number of fused-ring (bicyclic) bond motifs is 1. The van der Waals surface area contributed by atoms with Crippen molar-refractivity contribution in [3.63, 3.8) is 0 Å². The van der Waals surface area contributed by atoms with Gasteiger partial charge in [-0.25, -0.2) is 4.39 Å². The van der Waals surface area contributed by atoms with Gasteiger partial charge in [0.2, 0.25) is 0 Å². The van der Waals surface area contributed by atoms with E-state index in [1.807, 2.05) is 6.08 Å². The first kappa shape index (κ1) is 15.8. The Morgan fingerprint density at radius 1 is 1.12 bits per heavy atom. The van der Waals surface area contributed by atoms with Crippen molar-refractivity contribution in [3.8, 4) is 18.2 Å². The summed E-state index contributed by atoms with van der Waals surface area (Å²) in [6.45, 7) is 0. The van der Waals surface area contributed by atoms with Gasteiger partial charge in [0.25, 0.3) is 0 Å². The van der Waals surface area contributed by atoms with E-state index in [-0.39, 0.29) is 23.0 Å². The summed E-state index contributed by atoms with van der Waals surface area (Å²) in [4.78, 5) is 0. The number of hydrogen-bond donors (Lipinski definition) is 1. The molecule has 0 aromatic heterocycles. The maximum Gasteiger partial charge on any atom is 0.191 e. The van der Waals surface area contributed by atoms with Crippen molar-refractivity contribution >= 4 is 0 Å². The molecule has 0 heterocycles. The molecule has 3 rings (SSSR count). The number of allylic oxidation sites excluding steroid dienone is 4. The highest BCUT2D eigenvalue weighted by molar-refractivity contribution is 5.59. The quantitative estimate of drug-likeness (QED) is 0.857. The number of nitriles is 3. The Kier molecular flexibility index (Phi) is 3.84. The monoisotopic (exact) mass is 318 g/mol. The molecule has 2 N–H and O–H groups in total. The molecule has 1 aromatic rings. The van der Waals surface area contributed by atoms with Crippen LogP contribution in [0.15, 0.2) is 47.2 Å². The van der Waals surface area contributed by atoms with Gasteiger partial charge in [-0.15, -0.1) is 0 Å². The first-order valence-corrected chi connectivity index (χ1v) is 7.77. The summed E-state index contributed by atoms with van der Waals surface area (Å²) in [7, 11) is 0. The Balaban J connectivity index is 2.31. The van der Waals surface area contributed by atoms with E-state index in [0.717, 1.165) is 24.8 Å². The zero-order chi connectivity index (χ0) is 17.3. The summed E-state index contributed by atoms with van der Waals surface area (Å²) in [6.07, 6.45) is 4.50. The van der Waals surface area contributed by atoms with Crippen LogP contribution in [0.5, 0.6) is 0 Å². The third-order valence-corrected chi connectivity index (χ3v) is 5.03. The molecule has 2 aliphatic rings. The molecule has 24 heavy (non-hydrogen) atoms. The predicted octanol–water partition coefficient (Wildman–Crippen LogP) is 3.42. The van der Waals surface area contributed by atoms with Crippen molar-refractivity contribution in [1.82, 2.24) is 0 Å². The molecular formula is C19H15FN4. The molecule has 0 radical (unpaired) electrons. The van der Waals surface area contributed by atoms with E-state index in [9.17, 15) is 20.2 Å². The third kappa shape index (κ3) is 2.08. The average Bonchev–Trinajstić information content (AvgIpc) is 2.62. The van der Waals surface area contributed by atoms with Crippen molar-refractivity contribution < 1.29 is 4.39 Å². The molecule has 0 spiro atoms. The van der Waals surface area contributed by atoms with E-state index in [1.54, 1.807) is 12.1 Å². The molecule has 0 amide bonds. The molecule has 0 fully saturated rings. The second kappa shape index (κ2) is 5.84. The Labute approximate surface area is 139 Å². The van der Waals surface area contributed by atoms with Gasteiger partial charge in [0, 0.05) is 5.92 Å². The van der Waals surface area contributed by atoms with Gasteiger partial charge in [-0.3, -0.25) is 0 Å². The standard InChI is InChI=1S/C19H15FN4/c20-13-7-5-12(6-8-13)17-15-4-2-1-3-14(15)16(9-21)18(24)19(17,10-22)11-23/h3,5-8,15,17H,1-2,4,24H2/t15-,17+/m0/s1. The normalized spacial score (nSPS) is 24.8.